The Balaban J connectivity index is 1.64. The number of ether oxygens (including phenoxy) is 1. The summed E-state index contributed by atoms with van der Waals surface area (Å²) >= 11 is 0. The molecule has 0 saturated carbocycles. The van der Waals surface area contributed by atoms with E-state index in [1.165, 1.54) is 0 Å². The van der Waals surface area contributed by atoms with Crippen LogP contribution >= 0.6 is 0 Å². The number of hydrogen-bond donors (Lipinski definition) is 2. The van der Waals surface area contributed by atoms with E-state index in [2.05, 4.69) is 10.3 Å². The number of nitrogens with zero attached hydrogens (tertiary/aromatic N) is 2. The minimum absolute atomic E-state index is 0.0161. The predicted molar refractivity (Wildman–Crippen MR) is 101 cm³/mol. The van der Waals surface area contributed by atoms with Crippen LogP contribution in [0.5, 0.6) is 5.75 Å². The average Bonchev–Trinajstić information content (AvgIpc) is 2.67. The highest BCUT2D eigenvalue weighted by Gasteiger charge is 2.31. The van der Waals surface area contributed by atoms with Gasteiger partial charge in [-0.05, 0) is 55.0 Å². The van der Waals surface area contributed by atoms with Gasteiger partial charge in [0.2, 0.25) is 0 Å². The molecule has 26 heavy (non-hydrogen) atoms. The highest BCUT2D eigenvalue weighted by atomic mass is 16.5. The number of carbonyl (C=O) groups is 1. The second-order valence-corrected chi connectivity index (χ2v) is 6.69. The molecule has 2 aromatic rings. The molecule has 2 unspecified atom stereocenters. The highest BCUT2D eigenvalue weighted by Crippen LogP contribution is 2.27. The van der Waals surface area contributed by atoms with Crippen LogP contribution in [0.2, 0.25) is 0 Å². The molecule has 1 saturated heterocycles. The summed E-state index contributed by atoms with van der Waals surface area (Å²) in [6.07, 6.45) is 5.12. The van der Waals surface area contributed by atoms with Crippen LogP contribution in [-0.2, 0) is 6.42 Å². The summed E-state index contributed by atoms with van der Waals surface area (Å²) in [6.45, 7) is 1.42. The van der Waals surface area contributed by atoms with Crippen molar-refractivity contribution in [3.63, 3.8) is 0 Å². The van der Waals surface area contributed by atoms with Gasteiger partial charge in [0, 0.05) is 37.2 Å². The van der Waals surface area contributed by atoms with Crippen molar-refractivity contribution in [2.75, 3.05) is 25.5 Å². The highest BCUT2D eigenvalue weighted by molar-refractivity contribution is 5.65. The molecule has 1 aromatic carbocycles. The first-order valence-electron chi connectivity index (χ1n) is 8.92. The van der Waals surface area contributed by atoms with E-state index in [0.29, 0.717) is 18.9 Å². The van der Waals surface area contributed by atoms with Crippen LogP contribution in [0.4, 0.5) is 10.5 Å². The number of hydrogen-bond acceptors (Lipinski definition) is 4. The number of nitrogens with one attached hydrogen (secondary N) is 1. The van der Waals surface area contributed by atoms with Crippen molar-refractivity contribution >= 4 is 11.8 Å². The first kappa shape index (κ1) is 18.0. The molecule has 0 bridgehead atoms. The second-order valence-electron chi connectivity index (χ2n) is 6.69. The van der Waals surface area contributed by atoms with Crippen molar-refractivity contribution in [3.05, 3.63) is 54.4 Å². The third-order valence-electron chi connectivity index (χ3n) is 4.95. The Morgan fingerprint density at radius 1 is 1.35 bits per heavy atom. The van der Waals surface area contributed by atoms with Gasteiger partial charge in [-0.25, -0.2) is 4.79 Å². The molecular weight excluding hydrogens is 330 g/mol. The zero-order chi connectivity index (χ0) is 18.4. The number of carboxylic acid groups (broad SMARTS) is 1. The Kier molecular flexibility index (Phi) is 5.94. The number of benzene rings is 1. The molecule has 0 aliphatic carbocycles. The largest absolute Gasteiger partial charge is 0.497 e. The Bertz CT molecular complexity index is 723. The van der Waals surface area contributed by atoms with Crippen LogP contribution < -0.4 is 10.1 Å². The maximum absolute atomic E-state index is 11.6. The third kappa shape index (κ3) is 4.65. The lowest BCUT2D eigenvalue weighted by molar-refractivity contribution is 0.0917. The van der Waals surface area contributed by atoms with Crippen molar-refractivity contribution in [1.82, 2.24) is 9.88 Å². The molecule has 6 heteroatoms. The van der Waals surface area contributed by atoms with Crippen LogP contribution in [0.1, 0.15) is 18.4 Å². The first-order chi connectivity index (χ1) is 12.7. The lowest BCUT2D eigenvalue weighted by Gasteiger charge is -2.38. The zero-order valence-corrected chi connectivity index (χ0v) is 15.0. The smallest absolute Gasteiger partial charge is 0.407 e. The maximum Gasteiger partial charge on any atom is 0.407 e. The van der Waals surface area contributed by atoms with E-state index in [4.69, 9.17) is 4.74 Å². The van der Waals surface area contributed by atoms with Gasteiger partial charge in [0.25, 0.3) is 0 Å². The molecule has 1 aliphatic heterocycles. The van der Waals surface area contributed by atoms with Crippen molar-refractivity contribution in [3.8, 4) is 5.75 Å². The van der Waals surface area contributed by atoms with E-state index in [-0.39, 0.29) is 6.04 Å². The summed E-state index contributed by atoms with van der Waals surface area (Å²) in [5, 5.41) is 13.0. The van der Waals surface area contributed by atoms with Gasteiger partial charge in [0.15, 0.2) is 0 Å². The molecule has 0 spiro atoms. The van der Waals surface area contributed by atoms with Gasteiger partial charge < -0.3 is 20.1 Å². The minimum atomic E-state index is -0.835. The van der Waals surface area contributed by atoms with Gasteiger partial charge in [-0.2, -0.15) is 0 Å². The van der Waals surface area contributed by atoms with E-state index >= 15 is 0 Å². The molecule has 2 N–H and O–H groups in total. The molecule has 2 atom stereocenters. The molecule has 3 rings (SSSR count). The number of methoxy groups -OCH3 is 1. The minimum Gasteiger partial charge on any atom is -0.497 e. The van der Waals surface area contributed by atoms with Gasteiger partial charge in [-0.15, -0.1) is 0 Å². The molecule has 1 fully saturated rings. The van der Waals surface area contributed by atoms with Crippen LogP contribution in [0.15, 0.2) is 48.8 Å². The normalized spacial score (nSPS) is 19.8. The fourth-order valence-electron chi connectivity index (χ4n) is 3.57. The Morgan fingerprint density at radius 2 is 2.15 bits per heavy atom. The lowest BCUT2D eigenvalue weighted by Crippen LogP contribution is -2.47. The lowest BCUT2D eigenvalue weighted by atomic mass is 9.87. The van der Waals surface area contributed by atoms with Crippen LogP contribution in [-0.4, -0.2) is 47.3 Å². The SMILES string of the molecule is COc1cccc(CC2CC(CNc3ccncc3)CCN2C(=O)O)c1. The van der Waals surface area contributed by atoms with Crippen molar-refractivity contribution in [2.24, 2.45) is 5.92 Å². The second kappa shape index (κ2) is 8.56. The summed E-state index contributed by atoms with van der Waals surface area (Å²) in [4.78, 5) is 17.2. The van der Waals surface area contributed by atoms with E-state index in [0.717, 1.165) is 36.4 Å². The third-order valence-corrected chi connectivity index (χ3v) is 4.95. The summed E-state index contributed by atoms with van der Waals surface area (Å²) in [6, 6.07) is 11.7. The van der Waals surface area contributed by atoms with Crippen LogP contribution in [0.3, 0.4) is 0 Å². The molecule has 138 valence electrons. The molecular formula is C20H25N3O3. The average molecular weight is 355 g/mol. The molecule has 6 nitrogen and oxygen atoms in total. The number of amides is 1. The molecule has 0 radical (unpaired) electrons. The predicted octanol–water partition coefficient (Wildman–Crippen LogP) is 3.50. The number of piperidine rings is 1. The van der Waals surface area contributed by atoms with Gasteiger partial charge in [-0.1, -0.05) is 12.1 Å². The van der Waals surface area contributed by atoms with E-state index in [9.17, 15) is 9.90 Å². The van der Waals surface area contributed by atoms with E-state index in [1.807, 2.05) is 36.4 Å². The van der Waals surface area contributed by atoms with Crippen molar-refractivity contribution in [2.45, 2.75) is 25.3 Å². The number of likely N-dealkylation sites (tertiary alicyclic amines) is 1. The summed E-state index contributed by atoms with van der Waals surface area (Å²) < 4.78 is 5.28. The number of pyridine rings is 1. The number of aromatic nitrogens is 1. The summed E-state index contributed by atoms with van der Waals surface area (Å²) in [5.74, 6) is 1.24. The number of anilines is 1. The Labute approximate surface area is 153 Å². The number of rotatable bonds is 6. The summed E-state index contributed by atoms with van der Waals surface area (Å²) in [7, 11) is 1.64. The van der Waals surface area contributed by atoms with Gasteiger partial charge >= 0.3 is 6.09 Å². The quantitative estimate of drug-likeness (QED) is 0.829. The molecule has 1 aromatic heterocycles. The maximum atomic E-state index is 11.6. The molecule has 1 amide bonds. The topological polar surface area (TPSA) is 74.7 Å². The Hall–Kier alpha value is -2.76. The van der Waals surface area contributed by atoms with E-state index < -0.39 is 6.09 Å². The van der Waals surface area contributed by atoms with Crippen molar-refractivity contribution in [1.29, 1.82) is 0 Å². The standard InChI is InChI=1S/C20H25N3O3/c1-26-19-4-2-3-15(13-19)11-18-12-16(7-10-23(18)20(24)25)14-22-17-5-8-21-9-6-17/h2-6,8-9,13,16,18H,7,10-12,14H2,1H3,(H,21,22)(H,24,25). The van der Waals surface area contributed by atoms with Crippen LogP contribution in [0, 0.1) is 5.92 Å². The first-order valence-corrected chi connectivity index (χ1v) is 8.92. The molecule has 1 aliphatic rings. The van der Waals surface area contributed by atoms with E-state index in [1.54, 1.807) is 24.4 Å². The summed E-state index contributed by atoms with van der Waals surface area (Å²) in [5.41, 5.74) is 2.15. The van der Waals surface area contributed by atoms with Gasteiger partial charge in [0.1, 0.15) is 5.75 Å². The van der Waals surface area contributed by atoms with Gasteiger partial charge in [-0.3, -0.25) is 4.98 Å². The molecule has 2 heterocycles. The van der Waals surface area contributed by atoms with Gasteiger partial charge in [0.05, 0.1) is 7.11 Å². The monoisotopic (exact) mass is 355 g/mol. The van der Waals surface area contributed by atoms with Crippen molar-refractivity contribution < 1.29 is 14.6 Å². The van der Waals surface area contributed by atoms with Crippen LogP contribution in [0.25, 0.3) is 0 Å². The Morgan fingerprint density at radius 3 is 2.88 bits per heavy atom. The zero-order valence-electron chi connectivity index (χ0n) is 15.0. The fraction of sp³-hybridized carbons (Fsp3) is 0.400. The fourth-order valence-corrected chi connectivity index (χ4v) is 3.57.